The minimum Gasteiger partial charge on any atom is -0.481 e. The molecular formula is C9H20O3. The number of carboxylic acid groups (broad SMARTS) is 1. The predicted octanol–water partition coefficient (Wildman–Crippen LogP) is 1.90. The first-order valence-corrected chi connectivity index (χ1v) is 4.41. The van der Waals surface area contributed by atoms with Crippen molar-refractivity contribution in [2.75, 3.05) is 6.61 Å². The molecule has 0 rings (SSSR count). The van der Waals surface area contributed by atoms with E-state index in [1.165, 1.54) is 0 Å². The molecule has 0 heterocycles. The molecule has 0 saturated heterocycles. The van der Waals surface area contributed by atoms with E-state index in [1.54, 1.807) is 0 Å². The van der Waals surface area contributed by atoms with E-state index in [0.29, 0.717) is 18.9 Å². The maximum absolute atomic E-state index is 9.60. The monoisotopic (exact) mass is 176 g/mol. The molecule has 1 atom stereocenters. The Bertz CT molecular complexity index is 97.9. The molecule has 3 nitrogen and oxygen atoms in total. The van der Waals surface area contributed by atoms with Gasteiger partial charge in [-0.15, -0.1) is 0 Å². The van der Waals surface area contributed by atoms with Crippen molar-refractivity contribution in [2.45, 2.75) is 40.0 Å². The van der Waals surface area contributed by atoms with Gasteiger partial charge in [-0.3, -0.25) is 4.79 Å². The Morgan fingerprint density at radius 2 is 1.92 bits per heavy atom. The molecule has 0 aliphatic heterocycles. The van der Waals surface area contributed by atoms with Crippen molar-refractivity contribution in [3.8, 4) is 0 Å². The Kier molecular flexibility index (Phi) is 12.2. The minimum atomic E-state index is -0.711. The van der Waals surface area contributed by atoms with Crippen molar-refractivity contribution in [1.29, 1.82) is 0 Å². The summed E-state index contributed by atoms with van der Waals surface area (Å²) >= 11 is 0. The van der Waals surface area contributed by atoms with Crippen LogP contribution in [0.25, 0.3) is 0 Å². The number of hydrogen-bond donors (Lipinski definition) is 2. The van der Waals surface area contributed by atoms with Crippen molar-refractivity contribution in [3.05, 3.63) is 0 Å². The van der Waals surface area contributed by atoms with E-state index >= 15 is 0 Å². The standard InChI is InChI=1S/C5H12O.C4H8O2/c1-3-5(2)4-6;1-2-3-4(5)6/h5-6H,3-4H2,1-2H3;2-3H2,1H3,(H,5,6). The van der Waals surface area contributed by atoms with E-state index in [2.05, 4.69) is 6.92 Å². The van der Waals surface area contributed by atoms with Crippen molar-refractivity contribution in [1.82, 2.24) is 0 Å². The zero-order valence-corrected chi connectivity index (χ0v) is 8.21. The molecule has 0 amide bonds. The van der Waals surface area contributed by atoms with Crippen molar-refractivity contribution in [3.63, 3.8) is 0 Å². The van der Waals surface area contributed by atoms with Gasteiger partial charge >= 0.3 is 5.97 Å². The van der Waals surface area contributed by atoms with Crippen molar-refractivity contribution in [2.24, 2.45) is 5.92 Å². The summed E-state index contributed by atoms with van der Waals surface area (Å²) in [4.78, 5) is 9.60. The quantitative estimate of drug-likeness (QED) is 0.687. The maximum Gasteiger partial charge on any atom is 0.303 e. The fraction of sp³-hybridized carbons (Fsp3) is 0.889. The van der Waals surface area contributed by atoms with Crippen LogP contribution >= 0.6 is 0 Å². The lowest BCUT2D eigenvalue weighted by Gasteiger charge is -1.98. The molecule has 0 fully saturated rings. The van der Waals surface area contributed by atoms with Gasteiger partial charge in [0.05, 0.1) is 0 Å². The number of rotatable bonds is 4. The largest absolute Gasteiger partial charge is 0.481 e. The Morgan fingerprint density at radius 1 is 1.42 bits per heavy atom. The highest BCUT2D eigenvalue weighted by Crippen LogP contribution is 1.95. The van der Waals surface area contributed by atoms with Gasteiger partial charge < -0.3 is 10.2 Å². The molecule has 2 N–H and O–H groups in total. The van der Waals surface area contributed by atoms with E-state index in [9.17, 15) is 4.79 Å². The third kappa shape index (κ3) is 16.2. The fourth-order valence-corrected chi connectivity index (χ4v) is 0.343. The van der Waals surface area contributed by atoms with Crippen LogP contribution in [0, 0.1) is 5.92 Å². The third-order valence-corrected chi connectivity index (χ3v) is 1.47. The van der Waals surface area contributed by atoms with Crippen molar-refractivity contribution >= 4 is 5.97 Å². The second-order valence-electron chi connectivity index (χ2n) is 2.84. The van der Waals surface area contributed by atoms with E-state index < -0.39 is 5.97 Å². The van der Waals surface area contributed by atoms with Gasteiger partial charge in [-0.25, -0.2) is 0 Å². The number of carbonyl (C=O) groups is 1. The summed E-state index contributed by atoms with van der Waals surface area (Å²) in [6, 6.07) is 0. The average molecular weight is 176 g/mol. The third-order valence-electron chi connectivity index (χ3n) is 1.47. The second kappa shape index (κ2) is 10.4. The van der Waals surface area contributed by atoms with Crippen LogP contribution in [0.1, 0.15) is 40.0 Å². The van der Waals surface area contributed by atoms with E-state index in [1.807, 2.05) is 13.8 Å². The van der Waals surface area contributed by atoms with Crippen molar-refractivity contribution < 1.29 is 15.0 Å². The predicted molar refractivity (Wildman–Crippen MR) is 49.1 cm³/mol. The highest BCUT2D eigenvalue weighted by atomic mass is 16.4. The molecule has 74 valence electrons. The average Bonchev–Trinajstić information content (AvgIpc) is 2.04. The zero-order valence-electron chi connectivity index (χ0n) is 8.21. The van der Waals surface area contributed by atoms with Crippen LogP contribution in [-0.2, 0) is 4.79 Å². The summed E-state index contributed by atoms with van der Waals surface area (Å²) in [7, 11) is 0. The van der Waals surface area contributed by atoms with Gasteiger partial charge in [0.25, 0.3) is 0 Å². The van der Waals surface area contributed by atoms with Gasteiger partial charge in [0.15, 0.2) is 0 Å². The Hall–Kier alpha value is -0.570. The lowest BCUT2D eigenvalue weighted by molar-refractivity contribution is -0.137. The Morgan fingerprint density at radius 3 is 1.92 bits per heavy atom. The van der Waals surface area contributed by atoms with Gasteiger partial charge in [0.1, 0.15) is 0 Å². The minimum absolute atomic E-state index is 0.292. The van der Waals surface area contributed by atoms with Crippen LogP contribution in [0.15, 0.2) is 0 Å². The topological polar surface area (TPSA) is 57.5 Å². The first-order valence-electron chi connectivity index (χ1n) is 4.41. The molecular weight excluding hydrogens is 156 g/mol. The van der Waals surface area contributed by atoms with E-state index in [0.717, 1.165) is 12.8 Å². The van der Waals surface area contributed by atoms with E-state index in [-0.39, 0.29) is 0 Å². The number of aliphatic hydroxyl groups excluding tert-OH is 1. The molecule has 0 bridgehead atoms. The van der Waals surface area contributed by atoms with Crippen LogP contribution in [0.3, 0.4) is 0 Å². The summed E-state index contributed by atoms with van der Waals surface area (Å²) in [6.45, 7) is 6.27. The van der Waals surface area contributed by atoms with Gasteiger partial charge in [-0.1, -0.05) is 27.2 Å². The number of carboxylic acids is 1. The molecule has 0 saturated carbocycles. The van der Waals surface area contributed by atoms with Gasteiger partial charge in [0, 0.05) is 13.0 Å². The van der Waals surface area contributed by atoms with Gasteiger partial charge in [-0.05, 0) is 12.3 Å². The van der Waals surface area contributed by atoms with Gasteiger partial charge in [-0.2, -0.15) is 0 Å². The lowest BCUT2D eigenvalue weighted by Crippen LogP contribution is -1.96. The maximum atomic E-state index is 9.60. The van der Waals surface area contributed by atoms with E-state index in [4.69, 9.17) is 10.2 Å². The number of hydrogen-bond acceptors (Lipinski definition) is 2. The molecule has 0 aromatic carbocycles. The Labute approximate surface area is 74.4 Å². The molecule has 3 heteroatoms. The molecule has 0 radical (unpaired) electrons. The Balaban J connectivity index is 0. The first-order chi connectivity index (χ1) is 5.58. The van der Waals surface area contributed by atoms with Crippen LogP contribution in [0.4, 0.5) is 0 Å². The summed E-state index contributed by atoms with van der Waals surface area (Å²) in [6.07, 6.45) is 2.10. The molecule has 1 unspecified atom stereocenters. The smallest absolute Gasteiger partial charge is 0.303 e. The van der Waals surface area contributed by atoms with Crippen LogP contribution in [-0.4, -0.2) is 22.8 Å². The summed E-state index contributed by atoms with van der Waals surface area (Å²) in [5, 5.41) is 16.2. The molecule has 0 aromatic heterocycles. The molecule has 0 aliphatic rings. The summed E-state index contributed by atoms with van der Waals surface area (Å²) in [5.41, 5.74) is 0. The fourth-order valence-electron chi connectivity index (χ4n) is 0.343. The van der Waals surface area contributed by atoms with Crippen LogP contribution in [0.2, 0.25) is 0 Å². The van der Waals surface area contributed by atoms with Crippen LogP contribution in [0.5, 0.6) is 0 Å². The molecule has 0 spiro atoms. The highest BCUT2D eigenvalue weighted by Gasteiger charge is 1.90. The van der Waals surface area contributed by atoms with Crippen LogP contribution < -0.4 is 0 Å². The number of aliphatic carboxylic acids is 1. The highest BCUT2D eigenvalue weighted by molar-refractivity contribution is 5.66. The molecule has 0 aliphatic carbocycles. The molecule has 12 heavy (non-hydrogen) atoms. The number of aliphatic hydroxyl groups is 1. The summed E-state index contributed by atoms with van der Waals surface area (Å²) < 4.78 is 0. The lowest BCUT2D eigenvalue weighted by atomic mass is 10.1. The normalized spacial score (nSPS) is 11.3. The first kappa shape index (κ1) is 14.0. The molecule has 0 aromatic rings. The SMILES string of the molecule is CCC(C)CO.CCCC(=O)O. The summed E-state index contributed by atoms with van der Waals surface area (Å²) in [5.74, 6) is -0.220. The zero-order chi connectivity index (χ0) is 9.98. The van der Waals surface area contributed by atoms with Gasteiger partial charge in [0.2, 0.25) is 0 Å². The second-order valence-corrected chi connectivity index (χ2v) is 2.84.